The van der Waals surface area contributed by atoms with Crippen molar-refractivity contribution in [2.24, 2.45) is 5.73 Å². The second kappa shape index (κ2) is 4.99. The minimum atomic E-state index is 0.107. The highest BCUT2D eigenvalue weighted by Crippen LogP contribution is 2.26. The smallest absolute Gasteiger partial charge is 0.0551 e. The highest BCUT2D eigenvalue weighted by molar-refractivity contribution is 9.10. The summed E-state index contributed by atoms with van der Waals surface area (Å²) in [5.41, 5.74) is 7.06. The Morgan fingerprint density at radius 1 is 1.54 bits per heavy atom. The van der Waals surface area contributed by atoms with Gasteiger partial charge in [0.25, 0.3) is 0 Å². The molecule has 0 aliphatic carbocycles. The second-order valence-electron chi connectivity index (χ2n) is 3.07. The molecule has 0 radical (unpaired) electrons. The highest BCUT2D eigenvalue weighted by Gasteiger charge is 2.06. The van der Waals surface area contributed by atoms with E-state index in [4.69, 9.17) is 17.3 Å². The Morgan fingerprint density at radius 2 is 2.23 bits per heavy atom. The van der Waals surface area contributed by atoms with E-state index >= 15 is 0 Å². The minimum absolute atomic E-state index is 0.107. The van der Waals surface area contributed by atoms with E-state index in [1.807, 2.05) is 18.2 Å². The molecule has 1 unspecified atom stereocenters. The van der Waals surface area contributed by atoms with Gasteiger partial charge in [-0.3, -0.25) is 0 Å². The lowest BCUT2D eigenvalue weighted by molar-refractivity contribution is 0.638. The molecule has 0 aromatic heterocycles. The Kier molecular flexibility index (Phi) is 4.23. The van der Waals surface area contributed by atoms with E-state index in [0.29, 0.717) is 0 Å². The molecule has 1 nitrogen and oxygen atoms in total. The van der Waals surface area contributed by atoms with Gasteiger partial charge < -0.3 is 5.73 Å². The maximum atomic E-state index is 5.96. The van der Waals surface area contributed by atoms with Crippen LogP contribution in [0.2, 0.25) is 5.02 Å². The Hall–Kier alpha value is -0.0500. The molecule has 0 spiro atoms. The molecule has 0 amide bonds. The molecule has 0 saturated heterocycles. The van der Waals surface area contributed by atoms with Crippen LogP contribution in [0.25, 0.3) is 0 Å². The second-order valence-corrected chi connectivity index (χ2v) is 4.33. The Bertz CT molecular complexity index is 288. The molecular weight excluding hydrogens is 249 g/mol. The molecule has 0 aliphatic heterocycles. The molecular formula is C10H13BrClN. The number of rotatable bonds is 3. The third-order valence-electron chi connectivity index (χ3n) is 1.97. The normalized spacial score (nSPS) is 12.9. The molecule has 72 valence electrons. The first kappa shape index (κ1) is 11.0. The number of hydrogen-bond acceptors (Lipinski definition) is 1. The molecule has 1 aromatic rings. The quantitative estimate of drug-likeness (QED) is 0.878. The van der Waals surface area contributed by atoms with Gasteiger partial charge in [0.1, 0.15) is 0 Å². The molecule has 0 saturated carbocycles. The van der Waals surface area contributed by atoms with Crippen LogP contribution in [-0.2, 0) is 0 Å². The van der Waals surface area contributed by atoms with Crippen LogP contribution in [0.1, 0.15) is 31.4 Å². The van der Waals surface area contributed by atoms with Crippen molar-refractivity contribution in [3.8, 4) is 0 Å². The number of halogens is 2. The maximum absolute atomic E-state index is 5.96. The first-order chi connectivity index (χ1) is 6.15. The van der Waals surface area contributed by atoms with Gasteiger partial charge in [0.05, 0.1) is 5.02 Å². The summed E-state index contributed by atoms with van der Waals surface area (Å²) in [5.74, 6) is 0. The van der Waals surface area contributed by atoms with Crippen molar-refractivity contribution >= 4 is 27.5 Å². The van der Waals surface area contributed by atoms with Gasteiger partial charge in [-0.2, -0.15) is 0 Å². The Labute approximate surface area is 92.4 Å². The first-order valence-corrected chi connectivity index (χ1v) is 5.52. The molecule has 1 aromatic carbocycles. The minimum Gasteiger partial charge on any atom is -0.324 e. The first-order valence-electron chi connectivity index (χ1n) is 4.35. The topological polar surface area (TPSA) is 26.0 Å². The van der Waals surface area contributed by atoms with Crippen LogP contribution in [0.5, 0.6) is 0 Å². The average molecular weight is 263 g/mol. The molecule has 3 heteroatoms. The molecule has 13 heavy (non-hydrogen) atoms. The van der Waals surface area contributed by atoms with E-state index in [1.54, 1.807) is 0 Å². The van der Waals surface area contributed by atoms with Crippen LogP contribution < -0.4 is 5.73 Å². The zero-order valence-corrected chi connectivity index (χ0v) is 9.90. The number of nitrogens with two attached hydrogens (primary N) is 1. The summed E-state index contributed by atoms with van der Waals surface area (Å²) in [4.78, 5) is 0. The summed E-state index contributed by atoms with van der Waals surface area (Å²) in [6.07, 6.45) is 2.09. The van der Waals surface area contributed by atoms with Crippen molar-refractivity contribution in [1.29, 1.82) is 0 Å². The molecule has 2 N–H and O–H groups in total. The summed E-state index contributed by atoms with van der Waals surface area (Å²) in [6.45, 7) is 2.13. The molecule has 0 aliphatic rings. The maximum Gasteiger partial charge on any atom is 0.0551 e. The molecule has 0 fully saturated rings. The third-order valence-corrected chi connectivity index (χ3v) is 3.20. The standard InChI is InChI=1S/C10H13BrClN/c1-2-3-10(13)7-4-5-8(11)9(12)6-7/h4-6,10H,2-3,13H2,1H3. The Balaban J connectivity index is 2.84. The summed E-state index contributed by atoms with van der Waals surface area (Å²) in [5, 5.41) is 0.726. The van der Waals surface area contributed by atoms with E-state index in [0.717, 1.165) is 27.9 Å². The molecule has 1 rings (SSSR count). The van der Waals surface area contributed by atoms with Crippen LogP contribution in [0, 0.1) is 0 Å². The van der Waals surface area contributed by atoms with Gasteiger partial charge in [-0.05, 0) is 40.0 Å². The lowest BCUT2D eigenvalue weighted by Gasteiger charge is -2.11. The van der Waals surface area contributed by atoms with E-state index in [-0.39, 0.29) is 6.04 Å². The van der Waals surface area contributed by atoms with Crippen molar-refractivity contribution in [1.82, 2.24) is 0 Å². The van der Waals surface area contributed by atoms with Crippen molar-refractivity contribution in [3.63, 3.8) is 0 Å². The number of benzene rings is 1. The van der Waals surface area contributed by atoms with E-state index in [2.05, 4.69) is 22.9 Å². The van der Waals surface area contributed by atoms with E-state index in [1.165, 1.54) is 0 Å². The van der Waals surface area contributed by atoms with Gasteiger partial charge in [-0.15, -0.1) is 0 Å². The Morgan fingerprint density at radius 3 is 2.77 bits per heavy atom. The van der Waals surface area contributed by atoms with Gasteiger partial charge in [-0.1, -0.05) is 31.0 Å². The van der Waals surface area contributed by atoms with Gasteiger partial charge >= 0.3 is 0 Å². The fourth-order valence-corrected chi connectivity index (χ4v) is 1.66. The van der Waals surface area contributed by atoms with Crippen LogP contribution >= 0.6 is 27.5 Å². The van der Waals surface area contributed by atoms with Crippen molar-refractivity contribution in [2.75, 3.05) is 0 Å². The lowest BCUT2D eigenvalue weighted by atomic mass is 10.0. The third kappa shape index (κ3) is 2.97. The van der Waals surface area contributed by atoms with Crippen molar-refractivity contribution < 1.29 is 0 Å². The summed E-state index contributed by atoms with van der Waals surface area (Å²) >= 11 is 9.30. The highest BCUT2D eigenvalue weighted by atomic mass is 79.9. The SMILES string of the molecule is CCCC(N)c1ccc(Br)c(Cl)c1. The predicted octanol–water partition coefficient (Wildman–Crippen LogP) is 3.90. The zero-order valence-electron chi connectivity index (χ0n) is 7.56. The monoisotopic (exact) mass is 261 g/mol. The van der Waals surface area contributed by atoms with Gasteiger partial charge in [0.2, 0.25) is 0 Å². The predicted molar refractivity (Wildman–Crippen MR) is 61.0 cm³/mol. The van der Waals surface area contributed by atoms with E-state index in [9.17, 15) is 0 Å². The molecule has 0 heterocycles. The molecule has 0 bridgehead atoms. The van der Waals surface area contributed by atoms with Crippen LogP contribution in [0.3, 0.4) is 0 Å². The van der Waals surface area contributed by atoms with Crippen molar-refractivity contribution in [2.45, 2.75) is 25.8 Å². The summed E-state index contributed by atoms with van der Waals surface area (Å²) in [6, 6.07) is 5.98. The largest absolute Gasteiger partial charge is 0.324 e. The van der Waals surface area contributed by atoms with Gasteiger partial charge in [-0.25, -0.2) is 0 Å². The lowest BCUT2D eigenvalue weighted by Crippen LogP contribution is -2.09. The van der Waals surface area contributed by atoms with E-state index < -0.39 is 0 Å². The van der Waals surface area contributed by atoms with Crippen molar-refractivity contribution in [3.05, 3.63) is 33.3 Å². The van der Waals surface area contributed by atoms with Gasteiger partial charge in [0, 0.05) is 10.5 Å². The zero-order chi connectivity index (χ0) is 9.84. The summed E-state index contributed by atoms with van der Waals surface area (Å²) < 4.78 is 0.918. The summed E-state index contributed by atoms with van der Waals surface area (Å²) in [7, 11) is 0. The van der Waals surface area contributed by atoms with Crippen LogP contribution in [0.15, 0.2) is 22.7 Å². The fourth-order valence-electron chi connectivity index (χ4n) is 1.22. The average Bonchev–Trinajstić information content (AvgIpc) is 2.10. The fraction of sp³-hybridized carbons (Fsp3) is 0.400. The number of hydrogen-bond donors (Lipinski definition) is 1. The molecule has 1 atom stereocenters. The van der Waals surface area contributed by atoms with Gasteiger partial charge in [0.15, 0.2) is 0 Å². The van der Waals surface area contributed by atoms with Crippen LogP contribution in [0.4, 0.5) is 0 Å². The van der Waals surface area contributed by atoms with Crippen LogP contribution in [-0.4, -0.2) is 0 Å².